The molecule has 0 aromatic heterocycles. The number of hydrogen-bond donors (Lipinski definition) is 2. The highest BCUT2D eigenvalue weighted by molar-refractivity contribution is 5.80. The zero-order valence-corrected chi connectivity index (χ0v) is 35.0. The van der Waals surface area contributed by atoms with E-state index >= 15 is 0 Å². The highest BCUT2D eigenvalue weighted by Gasteiger charge is 2.59. The molecule has 300 valence electrons. The Labute approximate surface area is 330 Å². The minimum absolute atomic E-state index is 0.000518. The standard InChI is InChI=1S/C48H77N4O2/c1-6-51(35-19-22-40-20-13-8-7-9-14-21-40)44-32-28-41(29-33-44)36-52(45-25-17-10-11-18-26-45)48(49-43-23-15-12-16-24-43)47(39(5)54)46(50-52)34-31-42(38(4)53)30-27-37(2)3/h12,15-16,23-24,28-29,32-33,37,40,42,45-50H,6-11,13-14,17-22,25-27,30-31,34-36H2,1-5H3/q+1. The molecule has 1 heterocycles. The number of nitrogens with zero attached hydrogens (tertiary/aromatic N) is 2. The smallest absolute Gasteiger partial charge is 0.192 e. The van der Waals surface area contributed by atoms with Gasteiger partial charge in [-0.15, -0.1) is 0 Å². The molecule has 2 aromatic carbocycles. The quantitative estimate of drug-likeness (QED) is 0.111. The minimum Gasteiger partial charge on any atom is -0.372 e. The highest BCUT2D eigenvalue weighted by atomic mass is 16.1. The van der Waals surface area contributed by atoms with Crippen LogP contribution >= 0.6 is 0 Å². The molecule has 5 unspecified atom stereocenters. The van der Waals surface area contributed by atoms with Crippen LogP contribution in [-0.4, -0.2) is 47.5 Å². The van der Waals surface area contributed by atoms with Crippen LogP contribution in [0.1, 0.15) is 162 Å². The van der Waals surface area contributed by atoms with E-state index in [1.165, 1.54) is 94.7 Å². The molecule has 2 saturated carbocycles. The van der Waals surface area contributed by atoms with E-state index in [1.54, 1.807) is 13.8 Å². The van der Waals surface area contributed by atoms with Crippen LogP contribution in [0, 0.1) is 23.7 Å². The molecule has 2 N–H and O–H groups in total. The van der Waals surface area contributed by atoms with Gasteiger partial charge in [-0.3, -0.25) is 9.59 Å². The van der Waals surface area contributed by atoms with E-state index in [4.69, 9.17) is 0 Å². The molecule has 6 nitrogen and oxygen atoms in total. The van der Waals surface area contributed by atoms with Crippen molar-refractivity contribution in [3.8, 4) is 0 Å². The number of rotatable bonds is 19. The second kappa shape index (κ2) is 21.6. The van der Waals surface area contributed by atoms with Gasteiger partial charge >= 0.3 is 0 Å². The van der Waals surface area contributed by atoms with Crippen LogP contribution in [0.5, 0.6) is 0 Å². The number of benzene rings is 2. The predicted octanol–water partition coefficient (Wildman–Crippen LogP) is 11.6. The summed E-state index contributed by atoms with van der Waals surface area (Å²) in [6.45, 7) is 13.3. The molecule has 6 heteroatoms. The lowest BCUT2D eigenvalue weighted by Crippen LogP contribution is -2.66. The first-order valence-electron chi connectivity index (χ1n) is 22.5. The molecular weight excluding hydrogens is 665 g/mol. The summed E-state index contributed by atoms with van der Waals surface area (Å²) in [5.74, 6) is 1.87. The fourth-order valence-electron chi connectivity index (χ4n) is 10.4. The third kappa shape index (κ3) is 11.9. The van der Waals surface area contributed by atoms with Gasteiger partial charge in [0.25, 0.3) is 0 Å². The normalized spacial score (nSPS) is 25.1. The first-order chi connectivity index (χ1) is 26.2. The topological polar surface area (TPSA) is 61.4 Å². The number of carbonyl (C=O) groups is 2. The second-order valence-electron chi connectivity index (χ2n) is 18.0. The Bertz CT molecular complexity index is 1380. The van der Waals surface area contributed by atoms with E-state index in [0.717, 1.165) is 69.8 Å². The monoisotopic (exact) mass is 742 g/mol. The van der Waals surface area contributed by atoms with E-state index in [9.17, 15) is 9.59 Å². The first-order valence-corrected chi connectivity index (χ1v) is 22.5. The number of nitrogens with one attached hydrogen (secondary N) is 2. The number of ketones is 2. The molecule has 1 aliphatic heterocycles. The Balaban J connectivity index is 1.41. The second-order valence-corrected chi connectivity index (χ2v) is 18.0. The van der Waals surface area contributed by atoms with Crippen LogP contribution in [0.15, 0.2) is 54.6 Å². The van der Waals surface area contributed by atoms with Crippen molar-refractivity contribution in [1.82, 2.24) is 5.43 Å². The highest BCUT2D eigenvalue weighted by Crippen LogP contribution is 2.42. The Hall–Kier alpha value is -2.70. The molecule has 2 aromatic rings. The van der Waals surface area contributed by atoms with Gasteiger partial charge in [0.15, 0.2) is 6.17 Å². The van der Waals surface area contributed by atoms with Crippen LogP contribution in [-0.2, 0) is 16.1 Å². The molecule has 54 heavy (non-hydrogen) atoms. The predicted molar refractivity (Wildman–Crippen MR) is 227 cm³/mol. The zero-order valence-electron chi connectivity index (χ0n) is 35.0. The summed E-state index contributed by atoms with van der Waals surface area (Å²) >= 11 is 0. The van der Waals surface area contributed by atoms with Gasteiger partial charge in [-0.25, -0.2) is 4.59 Å². The van der Waals surface area contributed by atoms with Crippen molar-refractivity contribution in [2.75, 3.05) is 23.3 Å². The lowest BCUT2D eigenvalue weighted by molar-refractivity contribution is -1.01. The van der Waals surface area contributed by atoms with Gasteiger partial charge in [0.05, 0.1) is 6.04 Å². The van der Waals surface area contributed by atoms with Gasteiger partial charge in [-0.05, 0) is 102 Å². The maximum atomic E-state index is 14.0. The van der Waals surface area contributed by atoms with Crippen LogP contribution in [0.4, 0.5) is 11.4 Å². The van der Waals surface area contributed by atoms with Crippen LogP contribution in [0.25, 0.3) is 0 Å². The fraction of sp³-hybridized carbons (Fsp3) is 0.708. The van der Waals surface area contributed by atoms with Crippen LogP contribution in [0.2, 0.25) is 0 Å². The summed E-state index contributed by atoms with van der Waals surface area (Å²) in [7, 11) is 0. The van der Waals surface area contributed by atoms with Crippen LogP contribution in [0.3, 0.4) is 0 Å². The van der Waals surface area contributed by atoms with Crippen molar-refractivity contribution in [3.05, 3.63) is 60.2 Å². The average molecular weight is 742 g/mol. The molecule has 0 spiro atoms. The van der Waals surface area contributed by atoms with Gasteiger partial charge in [0.2, 0.25) is 0 Å². The van der Waals surface area contributed by atoms with E-state index in [-0.39, 0.29) is 35.6 Å². The van der Waals surface area contributed by atoms with Crippen molar-refractivity contribution in [2.45, 2.75) is 181 Å². The van der Waals surface area contributed by atoms with Crippen molar-refractivity contribution >= 4 is 22.9 Å². The minimum atomic E-state index is -0.195. The van der Waals surface area contributed by atoms with Gasteiger partial charge < -0.3 is 10.2 Å². The number of hydrogen-bond acceptors (Lipinski definition) is 5. The molecule has 5 rings (SSSR count). The largest absolute Gasteiger partial charge is 0.372 e. The zero-order chi connectivity index (χ0) is 38.3. The first kappa shape index (κ1) is 42.4. The van der Waals surface area contributed by atoms with E-state index in [0.29, 0.717) is 16.6 Å². The molecule has 0 bridgehead atoms. The summed E-state index contributed by atoms with van der Waals surface area (Å²) in [4.78, 5) is 29.4. The van der Waals surface area contributed by atoms with Crippen molar-refractivity contribution < 1.29 is 14.2 Å². The SMILES string of the molecule is CCN(CCCC1CCCCCCC1)c1ccc(C[N+]2(C3CCCCCC3)NC(CCC(CCC(C)C)C(C)=O)C(C(C)=O)C2Nc2ccccc2)cc1. The maximum Gasteiger partial charge on any atom is 0.192 e. The summed E-state index contributed by atoms with van der Waals surface area (Å²) in [5.41, 5.74) is 7.97. The van der Waals surface area contributed by atoms with Crippen molar-refractivity contribution in [3.63, 3.8) is 0 Å². The third-order valence-corrected chi connectivity index (χ3v) is 13.6. The van der Waals surface area contributed by atoms with Gasteiger partial charge in [0.1, 0.15) is 30.1 Å². The number of quaternary nitrogens is 1. The maximum absolute atomic E-state index is 14.0. The molecule has 3 aliphatic rings. The van der Waals surface area contributed by atoms with E-state index in [2.05, 4.69) is 91.0 Å². The molecule has 2 aliphatic carbocycles. The van der Waals surface area contributed by atoms with Gasteiger partial charge in [-0.1, -0.05) is 108 Å². The summed E-state index contributed by atoms with van der Waals surface area (Å²) in [5, 5.41) is 3.99. The molecule has 5 atom stereocenters. The number of anilines is 2. The van der Waals surface area contributed by atoms with E-state index in [1.807, 2.05) is 0 Å². The number of Topliss-reactive ketones (excluding diaryl/α,β-unsaturated/α-hetero) is 2. The summed E-state index contributed by atoms with van der Waals surface area (Å²) in [6.07, 6.45) is 23.5. The fourth-order valence-corrected chi connectivity index (χ4v) is 10.4. The molecule has 3 fully saturated rings. The number of para-hydroxylation sites is 1. The lowest BCUT2D eigenvalue weighted by atomic mass is 9.85. The average Bonchev–Trinajstić information content (AvgIpc) is 3.26. The Morgan fingerprint density at radius 3 is 2.02 bits per heavy atom. The van der Waals surface area contributed by atoms with Crippen LogP contribution < -0.4 is 15.6 Å². The summed E-state index contributed by atoms with van der Waals surface area (Å²) in [6, 6.07) is 20.4. The Morgan fingerprint density at radius 1 is 0.796 bits per heavy atom. The molecule has 1 saturated heterocycles. The number of carbonyl (C=O) groups excluding carboxylic acids is 2. The Kier molecular flexibility index (Phi) is 16.9. The van der Waals surface area contributed by atoms with Gasteiger partial charge in [0, 0.05) is 48.8 Å². The molecule has 0 radical (unpaired) electrons. The van der Waals surface area contributed by atoms with Crippen molar-refractivity contribution in [2.24, 2.45) is 23.7 Å². The lowest BCUT2D eigenvalue weighted by Gasteiger charge is -2.46. The molecular formula is C48H77N4O2+. The van der Waals surface area contributed by atoms with Gasteiger partial charge in [-0.2, -0.15) is 5.43 Å². The molecule has 0 amide bonds. The van der Waals surface area contributed by atoms with E-state index < -0.39 is 0 Å². The summed E-state index contributed by atoms with van der Waals surface area (Å²) < 4.78 is 0.679. The Morgan fingerprint density at radius 2 is 1.43 bits per heavy atom. The third-order valence-electron chi connectivity index (χ3n) is 13.6. The van der Waals surface area contributed by atoms with Crippen molar-refractivity contribution in [1.29, 1.82) is 0 Å².